The molecule has 0 aliphatic carbocycles. The summed E-state index contributed by atoms with van der Waals surface area (Å²) in [5, 5.41) is 0. The Morgan fingerprint density at radius 3 is 2.40 bits per heavy atom. The number of rotatable bonds is 6. The minimum Gasteiger partial charge on any atom is -0.171 e. The molecule has 15 heavy (non-hydrogen) atoms. The summed E-state index contributed by atoms with van der Waals surface area (Å²) in [4.78, 5) is 0. The van der Waals surface area contributed by atoms with Crippen LogP contribution in [0.4, 0.5) is 13.2 Å². The van der Waals surface area contributed by atoms with Crippen LogP contribution in [0.1, 0.15) is 32.6 Å². The maximum absolute atomic E-state index is 11.8. The zero-order valence-electron chi connectivity index (χ0n) is 8.98. The Labute approximate surface area is 89.2 Å². The van der Waals surface area contributed by atoms with E-state index in [2.05, 4.69) is 6.58 Å². The standard InChI is InChI=1S/C12H17F3/c1-3-4-5-8-11(2)9-6-7-10-12(13,14)15/h3-5,8H,1,6-7,9-10H2,2H3/b5-4-,11-8+. The van der Waals surface area contributed by atoms with Gasteiger partial charge in [-0.1, -0.05) is 36.5 Å². The molecule has 3 heteroatoms. The van der Waals surface area contributed by atoms with Crippen molar-refractivity contribution in [2.45, 2.75) is 38.8 Å². The summed E-state index contributed by atoms with van der Waals surface area (Å²) in [7, 11) is 0. The molecule has 0 nitrogen and oxygen atoms in total. The molecule has 0 aromatic rings. The Balaban J connectivity index is 3.63. The molecule has 0 saturated carbocycles. The summed E-state index contributed by atoms with van der Waals surface area (Å²) in [6, 6.07) is 0. The van der Waals surface area contributed by atoms with Crippen molar-refractivity contribution in [1.29, 1.82) is 0 Å². The Hall–Kier alpha value is -0.990. The minimum atomic E-state index is -4.01. The minimum absolute atomic E-state index is 0.208. The molecular weight excluding hydrogens is 201 g/mol. The second-order valence-corrected chi connectivity index (χ2v) is 3.46. The molecule has 0 N–H and O–H groups in total. The van der Waals surface area contributed by atoms with Crippen LogP contribution in [0.25, 0.3) is 0 Å². The third-order valence-corrected chi connectivity index (χ3v) is 1.91. The van der Waals surface area contributed by atoms with Gasteiger partial charge in [0.2, 0.25) is 0 Å². The molecule has 0 atom stereocenters. The van der Waals surface area contributed by atoms with E-state index >= 15 is 0 Å². The van der Waals surface area contributed by atoms with E-state index in [9.17, 15) is 13.2 Å². The average Bonchev–Trinajstić information content (AvgIpc) is 2.11. The third-order valence-electron chi connectivity index (χ3n) is 1.91. The highest BCUT2D eigenvalue weighted by Crippen LogP contribution is 2.23. The van der Waals surface area contributed by atoms with Crippen molar-refractivity contribution < 1.29 is 13.2 Å². The van der Waals surface area contributed by atoms with Crippen LogP contribution >= 0.6 is 0 Å². The number of unbranched alkanes of at least 4 members (excludes halogenated alkanes) is 1. The van der Waals surface area contributed by atoms with Gasteiger partial charge in [-0.15, -0.1) is 0 Å². The van der Waals surface area contributed by atoms with Gasteiger partial charge >= 0.3 is 6.18 Å². The summed E-state index contributed by atoms with van der Waals surface area (Å²) >= 11 is 0. The molecule has 0 spiro atoms. The number of hydrogen-bond donors (Lipinski definition) is 0. The molecule has 0 aromatic heterocycles. The van der Waals surface area contributed by atoms with Crippen LogP contribution < -0.4 is 0 Å². The lowest BCUT2D eigenvalue weighted by atomic mass is 10.1. The SMILES string of the molecule is C=C/C=C\C=C(/C)CCCCC(F)(F)F. The zero-order valence-corrected chi connectivity index (χ0v) is 8.98. The monoisotopic (exact) mass is 218 g/mol. The molecule has 0 bridgehead atoms. The molecule has 0 radical (unpaired) electrons. The third kappa shape index (κ3) is 10.9. The van der Waals surface area contributed by atoms with Crippen molar-refractivity contribution in [2.75, 3.05) is 0 Å². The Bertz CT molecular complexity index is 234. The summed E-state index contributed by atoms with van der Waals surface area (Å²) in [6.45, 7) is 5.44. The zero-order chi connectivity index (χ0) is 11.7. The first kappa shape index (κ1) is 14.0. The molecule has 0 rings (SSSR count). The Kier molecular flexibility index (Phi) is 6.84. The molecule has 0 amide bonds. The molecule has 86 valence electrons. The number of alkyl halides is 3. The average molecular weight is 218 g/mol. The van der Waals surface area contributed by atoms with Crippen molar-refractivity contribution in [3.05, 3.63) is 36.5 Å². The second kappa shape index (κ2) is 7.32. The van der Waals surface area contributed by atoms with Crippen LogP contribution in [0.3, 0.4) is 0 Å². The van der Waals surface area contributed by atoms with Gasteiger partial charge in [0.1, 0.15) is 0 Å². The molecule has 0 saturated heterocycles. The van der Waals surface area contributed by atoms with E-state index in [1.165, 1.54) is 0 Å². The van der Waals surface area contributed by atoms with Crippen molar-refractivity contribution in [3.63, 3.8) is 0 Å². The lowest BCUT2D eigenvalue weighted by molar-refractivity contribution is -0.135. The number of halogens is 3. The van der Waals surface area contributed by atoms with E-state index in [4.69, 9.17) is 0 Å². The van der Waals surface area contributed by atoms with E-state index in [1.54, 1.807) is 12.2 Å². The fraction of sp³-hybridized carbons (Fsp3) is 0.500. The molecule has 0 aliphatic heterocycles. The van der Waals surface area contributed by atoms with Crippen molar-refractivity contribution in [2.24, 2.45) is 0 Å². The van der Waals surface area contributed by atoms with E-state index < -0.39 is 12.6 Å². The first-order chi connectivity index (χ1) is 6.95. The van der Waals surface area contributed by atoms with Crippen LogP contribution in [0.5, 0.6) is 0 Å². The Morgan fingerprint density at radius 2 is 1.87 bits per heavy atom. The van der Waals surface area contributed by atoms with Gasteiger partial charge in [0, 0.05) is 6.42 Å². The van der Waals surface area contributed by atoms with Crippen molar-refractivity contribution in [3.8, 4) is 0 Å². The van der Waals surface area contributed by atoms with Gasteiger partial charge in [0.25, 0.3) is 0 Å². The first-order valence-corrected chi connectivity index (χ1v) is 4.97. The fourth-order valence-corrected chi connectivity index (χ4v) is 1.11. The van der Waals surface area contributed by atoms with Crippen LogP contribution in [0, 0.1) is 0 Å². The smallest absolute Gasteiger partial charge is 0.171 e. The van der Waals surface area contributed by atoms with Crippen LogP contribution in [-0.2, 0) is 0 Å². The van der Waals surface area contributed by atoms with E-state index in [0.717, 1.165) is 12.0 Å². The highest BCUT2D eigenvalue weighted by atomic mass is 19.4. The highest BCUT2D eigenvalue weighted by Gasteiger charge is 2.25. The van der Waals surface area contributed by atoms with Gasteiger partial charge in [0.15, 0.2) is 0 Å². The quantitative estimate of drug-likeness (QED) is 0.444. The van der Waals surface area contributed by atoms with Crippen molar-refractivity contribution in [1.82, 2.24) is 0 Å². The molecular formula is C12H17F3. The predicted molar refractivity (Wildman–Crippen MR) is 57.6 cm³/mol. The molecule has 0 heterocycles. The van der Waals surface area contributed by atoms with Crippen LogP contribution in [-0.4, -0.2) is 6.18 Å². The maximum Gasteiger partial charge on any atom is 0.389 e. The second-order valence-electron chi connectivity index (χ2n) is 3.46. The van der Waals surface area contributed by atoms with Gasteiger partial charge in [-0.2, -0.15) is 13.2 Å². The normalized spacial score (nSPS) is 13.5. The molecule has 0 unspecified atom stereocenters. The Morgan fingerprint density at radius 1 is 1.20 bits per heavy atom. The highest BCUT2D eigenvalue weighted by molar-refractivity contribution is 5.13. The largest absolute Gasteiger partial charge is 0.389 e. The summed E-state index contributed by atoms with van der Waals surface area (Å²) < 4.78 is 35.4. The van der Waals surface area contributed by atoms with Gasteiger partial charge in [-0.25, -0.2) is 0 Å². The summed E-state index contributed by atoms with van der Waals surface area (Å²) in [5.74, 6) is 0. The van der Waals surface area contributed by atoms with Gasteiger partial charge in [-0.05, 0) is 26.2 Å². The van der Waals surface area contributed by atoms with Gasteiger partial charge in [-0.3, -0.25) is 0 Å². The van der Waals surface area contributed by atoms with Gasteiger partial charge < -0.3 is 0 Å². The molecule has 0 aliphatic rings. The maximum atomic E-state index is 11.8. The number of hydrogen-bond acceptors (Lipinski definition) is 0. The summed E-state index contributed by atoms with van der Waals surface area (Å²) in [6.07, 6.45) is 4.01. The van der Waals surface area contributed by atoms with E-state index in [1.807, 2.05) is 19.1 Å². The molecule has 0 aromatic carbocycles. The van der Waals surface area contributed by atoms with Crippen LogP contribution in [0.2, 0.25) is 0 Å². The first-order valence-electron chi connectivity index (χ1n) is 4.97. The topological polar surface area (TPSA) is 0 Å². The van der Waals surface area contributed by atoms with Crippen LogP contribution in [0.15, 0.2) is 36.5 Å². The fourth-order valence-electron chi connectivity index (χ4n) is 1.11. The lowest BCUT2D eigenvalue weighted by Crippen LogP contribution is -2.06. The summed E-state index contributed by atoms with van der Waals surface area (Å²) in [5.41, 5.74) is 1.09. The van der Waals surface area contributed by atoms with E-state index in [-0.39, 0.29) is 6.42 Å². The number of allylic oxidation sites excluding steroid dienone is 5. The molecule has 0 fully saturated rings. The lowest BCUT2D eigenvalue weighted by Gasteiger charge is -2.05. The van der Waals surface area contributed by atoms with Gasteiger partial charge in [0.05, 0.1) is 0 Å². The predicted octanol–water partition coefficient (Wildman–Crippen LogP) is 4.80. The van der Waals surface area contributed by atoms with E-state index in [0.29, 0.717) is 6.42 Å². The van der Waals surface area contributed by atoms with Crippen molar-refractivity contribution >= 4 is 0 Å².